The Morgan fingerprint density at radius 1 is 1.10 bits per heavy atom. The van der Waals surface area contributed by atoms with Gasteiger partial charge in [0.15, 0.2) is 0 Å². The summed E-state index contributed by atoms with van der Waals surface area (Å²) in [5.74, 6) is 0.410. The van der Waals surface area contributed by atoms with E-state index in [1.807, 2.05) is 4.90 Å². The Balaban J connectivity index is 1.85. The Hall–Kier alpha value is -0.900. The molecule has 2 heterocycles. The van der Waals surface area contributed by atoms with Gasteiger partial charge in [-0.05, 0) is 45.4 Å². The molecule has 2 atom stereocenters. The fourth-order valence-corrected chi connectivity index (χ4v) is 3.51. The van der Waals surface area contributed by atoms with Crippen molar-refractivity contribution in [3.8, 4) is 0 Å². The Morgan fingerprint density at radius 3 is 2.62 bits per heavy atom. The highest BCUT2D eigenvalue weighted by Crippen LogP contribution is 2.22. The molecule has 4 heteroatoms. The van der Waals surface area contributed by atoms with Gasteiger partial charge < -0.3 is 9.64 Å². The summed E-state index contributed by atoms with van der Waals surface area (Å²) in [6.07, 6.45) is 9.99. The highest BCUT2D eigenvalue weighted by molar-refractivity contribution is 5.79. The van der Waals surface area contributed by atoms with Gasteiger partial charge in [-0.25, -0.2) is 0 Å². The SMILES string of the molecule is CC(=O)CC1CCCCCN1C(=O)CCC1CCCCO1. The molecule has 2 aliphatic heterocycles. The van der Waals surface area contributed by atoms with Crippen molar-refractivity contribution in [3.05, 3.63) is 0 Å². The lowest BCUT2D eigenvalue weighted by molar-refractivity contribution is -0.135. The molecule has 0 saturated carbocycles. The fourth-order valence-electron chi connectivity index (χ4n) is 3.51. The average Bonchev–Trinajstić information content (AvgIpc) is 2.71. The molecule has 120 valence electrons. The zero-order chi connectivity index (χ0) is 15.1. The van der Waals surface area contributed by atoms with Gasteiger partial charge in [0.05, 0.1) is 6.10 Å². The van der Waals surface area contributed by atoms with E-state index in [9.17, 15) is 9.59 Å². The van der Waals surface area contributed by atoms with Crippen molar-refractivity contribution in [2.24, 2.45) is 0 Å². The zero-order valence-electron chi connectivity index (χ0n) is 13.3. The number of hydrogen-bond donors (Lipinski definition) is 0. The molecule has 2 fully saturated rings. The minimum Gasteiger partial charge on any atom is -0.378 e. The van der Waals surface area contributed by atoms with Crippen molar-refractivity contribution in [2.75, 3.05) is 13.2 Å². The summed E-state index contributed by atoms with van der Waals surface area (Å²) >= 11 is 0. The van der Waals surface area contributed by atoms with Crippen LogP contribution in [0.4, 0.5) is 0 Å². The Morgan fingerprint density at radius 2 is 1.90 bits per heavy atom. The molecule has 1 amide bonds. The van der Waals surface area contributed by atoms with Gasteiger partial charge in [0.25, 0.3) is 0 Å². The number of carbonyl (C=O) groups excluding carboxylic acids is 2. The largest absolute Gasteiger partial charge is 0.378 e. The molecule has 0 radical (unpaired) electrons. The molecule has 0 bridgehead atoms. The summed E-state index contributed by atoms with van der Waals surface area (Å²) in [7, 11) is 0. The molecule has 0 aliphatic carbocycles. The Kier molecular flexibility index (Phi) is 6.68. The van der Waals surface area contributed by atoms with E-state index in [1.165, 1.54) is 12.8 Å². The molecule has 0 aromatic carbocycles. The summed E-state index contributed by atoms with van der Waals surface area (Å²) in [6.45, 7) is 3.29. The molecule has 4 nitrogen and oxygen atoms in total. The first-order valence-corrected chi connectivity index (χ1v) is 8.57. The lowest BCUT2D eigenvalue weighted by Crippen LogP contribution is -2.41. The van der Waals surface area contributed by atoms with E-state index in [-0.39, 0.29) is 23.8 Å². The maximum absolute atomic E-state index is 12.5. The van der Waals surface area contributed by atoms with Crippen LogP contribution in [0.1, 0.15) is 71.1 Å². The number of ketones is 1. The van der Waals surface area contributed by atoms with Gasteiger partial charge in [0, 0.05) is 32.0 Å². The van der Waals surface area contributed by atoms with Gasteiger partial charge in [-0.2, -0.15) is 0 Å². The molecule has 2 rings (SSSR count). The van der Waals surface area contributed by atoms with Gasteiger partial charge in [-0.3, -0.25) is 9.59 Å². The van der Waals surface area contributed by atoms with Gasteiger partial charge in [0.1, 0.15) is 5.78 Å². The van der Waals surface area contributed by atoms with Crippen LogP contribution in [0, 0.1) is 0 Å². The third kappa shape index (κ3) is 5.42. The summed E-state index contributed by atoms with van der Waals surface area (Å²) < 4.78 is 5.71. The lowest BCUT2D eigenvalue weighted by Gasteiger charge is -2.30. The van der Waals surface area contributed by atoms with Crippen molar-refractivity contribution in [1.82, 2.24) is 4.90 Å². The minimum absolute atomic E-state index is 0.129. The molecule has 2 aliphatic rings. The molecule has 21 heavy (non-hydrogen) atoms. The van der Waals surface area contributed by atoms with E-state index in [4.69, 9.17) is 4.74 Å². The lowest BCUT2D eigenvalue weighted by atomic mass is 10.0. The zero-order valence-corrected chi connectivity index (χ0v) is 13.3. The minimum atomic E-state index is 0.129. The molecular formula is C17H29NO3. The van der Waals surface area contributed by atoms with Crippen molar-refractivity contribution in [3.63, 3.8) is 0 Å². The Bertz CT molecular complexity index is 350. The number of hydrogen-bond acceptors (Lipinski definition) is 3. The van der Waals surface area contributed by atoms with E-state index in [2.05, 4.69) is 0 Å². The first-order valence-electron chi connectivity index (χ1n) is 8.57. The van der Waals surface area contributed by atoms with Crippen molar-refractivity contribution >= 4 is 11.7 Å². The number of amides is 1. The predicted molar refractivity (Wildman–Crippen MR) is 82.1 cm³/mol. The molecular weight excluding hydrogens is 266 g/mol. The van der Waals surface area contributed by atoms with Gasteiger partial charge in [-0.15, -0.1) is 0 Å². The monoisotopic (exact) mass is 295 g/mol. The summed E-state index contributed by atoms with van der Waals surface area (Å²) in [6, 6.07) is 0.129. The highest BCUT2D eigenvalue weighted by Gasteiger charge is 2.27. The van der Waals surface area contributed by atoms with E-state index in [0.717, 1.165) is 51.7 Å². The number of rotatable bonds is 5. The van der Waals surface area contributed by atoms with Crippen LogP contribution in [0.2, 0.25) is 0 Å². The van der Waals surface area contributed by atoms with Crippen LogP contribution < -0.4 is 0 Å². The molecule has 0 spiro atoms. The van der Waals surface area contributed by atoms with E-state index in [1.54, 1.807) is 6.92 Å². The number of Topliss-reactive ketones (excluding diaryl/α,β-unsaturated/α-hetero) is 1. The summed E-state index contributed by atoms with van der Waals surface area (Å²) in [5, 5.41) is 0. The standard InChI is InChI=1S/C17H29NO3/c1-14(19)13-15-7-3-2-5-11-18(15)17(20)10-9-16-8-4-6-12-21-16/h15-16H,2-13H2,1H3. The second-order valence-corrected chi connectivity index (χ2v) is 6.52. The van der Waals surface area contributed by atoms with Crippen LogP contribution in [0.3, 0.4) is 0 Å². The van der Waals surface area contributed by atoms with Crippen LogP contribution in [-0.2, 0) is 14.3 Å². The molecule has 2 unspecified atom stereocenters. The topological polar surface area (TPSA) is 46.6 Å². The normalized spacial score (nSPS) is 27.2. The fraction of sp³-hybridized carbons (Fsp3) is 0.882. The third-order valence-corrected chi connectivity index (χ3v) is 4.67. The maximum atomic E-state index is 12.5. The summed E-state index contributed by atoms with van der Waals surface area (Å²) in [4.78, 5) is 26.0. The van der Waals surface area contributed by atoms with Crippen LogP contribution in [-0.4, -0.2) is 41.9 Å². The third-order valence-electron chi connectivity index (χ3n) is 4.67. The second-order valence-electron chi connectivity index (χ2n) is 6.52. The number of likely N-dealkylation sites (tertiary alicyclic amines) is 1. The van der Waals surface area contributed by atoms with Gasteiger partial charge >= 0.3 is 0 Å². The molecule has 0 aromatic rings. The highest BCUT2D eigenvalue weighted by atomic mass is 16.5. The van der Waals surface area contributed by atoms with Crippen LogP contribution in [0.25, 0.3) is 0 Å². The van der Waals surface area contributed by atoms with E-state index >= 15 is 0 Å². The van der Waals surface area contributed by atoms with Gasteiger partial charge in [-0.1, -0.05) is 12.8 Å². The molecule has 0 N–H and O–H groups in total. The van der Waals surface area contributed by atoms with E-state index < -0.39 is 0 Å². The molecule has 0 aromatic heterocycles. The Labute approximate surface area is 128 Å². The smallest absolute Gasteiger partial charge is 0.222 e. The van der Waals surface area contributed by atoms with Gasteiger partial charge in [0.2, 0.25) is 5.91 Å². The van der Waals surface area contributed by atoms with Crippen LogP contribution in [0.15, 0.2) is 0 Å². The molecule has 2 saturated heterocycles. The first kappa shape index (κ1) is 16.5. The van der Waals surface area contributed by atoms with E-state index in [0.29, 0.717) is 12.8 Å². The van der Waals surface area contributed by atoms with Crippen molar-refractivity contribution in [2.45, 2.75) is 83.3 Å². The predicted octanol–water partition coefficient (Wildman–Crippen LogP) is 3.09. The number of ether oxygens (including phenoxy) is 1. The van der Waals surface area contributed by atoms with Crippen molar-refractivity contribution < 1.29 is 14.3 Å². The average molecular weight is 295 g/mol. The number of carbonyl (C=O) groups is 2. The quantitative estimate of drug-likeness (QED) is 0.783. The second kappa shape index (κ2) is 8.52. The first-order chi connectivity index (χ1) is 10.2. The van der Waals surface area contributed by atoms with Crippen LogP contribution in [0.5, 0.6) is 0 Å². The number of nitrogens with zero attached hydrogens (tertiary/aromatic N) is 1. The summed E-state index contributed by atoms with van der Waals surface area (Å²) in [5.41, 5.74) is 0. The van der Waals surface area contributed by atoms with Crippen LogP contribution >= 0.6 is 0 Å². The van der Waals surface area contributed by atoms with Crippen molar-refractivity contribution in [1.29, 1.82) is 0 Å². The maximum Gasteiger partial charge on any atom is 0.222 e.